The third-order valence-electron chi connectivity index (χ3n) is 7.24. The molecule has 1 atom stereocenters. The number of carbonyl (C=O) groups excluding carboxylic acids is 2. The van der Waals surface area contributed by atoms with Crippen molar-refractivity contribution in [3.63, 3.8) is 0 Å². The van der Waals surface area contributed by atoms with Crippen LogP contribution >= 0.6 is 23.2 Å². The lowest BCUT2D eigenvalue weighted by Crippen LogP contribution is -2.50. The fourth-order valence-electron chi connectivity index (χ4n) is 5.08. The van der Waals surface area contributed by atoms with Crippen molar-refractivity contribution in [1.82, 2.24) is 10.2 Å². The zero-order valence-corrected chi connectivity index (χ0v) is 22.7. The van der Waals surface area contributed by atoms with E-state index in [0.717, 1.165) is 42.4 Å². The third-order valence-corrected chi connectivity index (χ3v) is 7.98. The van der Waals surface area contributed by atoms with E-state index in [2.05, 4.69) is 5.32 Å². The number of nitrogens with one attached hydrogen (secondary N) is 1. The average Bonchev–Trinajstić information content (AvgIpc) is 2.93. The molecule has 0 radical (unpaired) electrons. The number of amides is 2. The Morgan fingerprint density at radius 2 is 1.46 bits per heavy atom. The smallest absolute Gasteiger partial charge is 0.242 e. The van der Waals surface area contributed by atoms with Crippen molar-refractivity contribution in [3.05, 3.63) is 106 Å². The van der Waals surface area contributed by atoms with Gasteiger partial charge in [0, 0.05) is 24.9 Å². The Kier molecular flexibility index (Phi) is 9.65. The van der Waals surface area contributed by atoms with Crippen LogP contribution in [0.2, 0.25) is 10.0 Å². The Balaban J connectivity index is 1.60. The molecule has 0 spiro atoms. The number of rotatable bonds is 9. The van der Waals surface area contributed by atoms with Crippen LogP contribution in [0.3, 0.4) is 0 Å². The zero-order chi connectivity index (χ0) is 26.2. The van der Waals surface area contributed by atoms with Crippen molar-refractivity contribution in [2.45, 2.75) is 70.0 Å². The van der Waals surface area contributed by atoms with Crippen LogP contribution in [-0.2, 0) is 16.1 Å². The highest BCUT2D eigenvalue weighted by Crippen LogP contribution is 2.30. The number of nitrogens with zero attached hydrogens (tertiary/aromatic N) is 1. The van der Waals surface area contributed by atoms with Crippen molar-refractivity contribution in [1.29, 1.82) is 0 Å². The summed E-state index contributed by atoms with van der Waals surface area (Å²) in [7, 11) is 0. The molecule has 2 amide bonds. The number of carbonyl (C=O) groups is 2. The first kappa shape index (κ1) is 27.2. The molecule has 0 heterocycles. The van der Waals surface area contributed by atoms with Gasteiger partial charge in [-0.05, 0) is 48.6 Å². The highest BCUT2D eigenvalue weighted by Gasteiger charge is 2.30. The highest BCUT2D eigenvalue weighted by molar-refractivity contribution is 6.42. The highest BCUT2D eigenvalue weighted by atomic mass is 35.5. The summed E-state index contributed by atoms with van der Waals surface area (Å²) >= 11 is 12.4. The average molecular weight is 538 g/mol. The van der Waals surface area contributed by atoms with Gasteiger partial charge in [0.15, 0.2) is 0 Å². The summed E-state index contributed by atoms with van der Waals surface area (Å²) in [5.41, 5.74) is 2.96. The van der Waals surface area contributed by atoms with Crippen LogP contribution in [0.25, 0.3) is 0 Å². The molecule has 1 unspecified atom stereocenters. The standard InChI is InChI=1S/C31H34Cl2N2O2/c1-22(31(37)34-26-15-9-4-10-16-26)35(21-23-17-18-28(32)29(33)19-23)30(36)20-27(24-11-5-2-6-12-24)25-13-7-3-8-14-25/h2-3,5-8,11-14,17-19,22,26-27H,4,9-10,15-16,20-21H2,1H3,(H,34,37). The predicted molar refractivity (Wildman–Crippen MR) is 151 cm³/mol. The van der Waals surface area contributed by atoms with Crippen LogP contribution < -0.4 is 5.32 Å². The molecule has 0 aliphatic heterocycles. The van der Waals surface area contributed by atoms with E-state index >= 15 is 0 Å². The fourth-order valence-corrected chi connectivity index (χ4v) is 5.40. The monoisotopic (exact) mass is 536 g/mol. The van der Waals surface area contributed by atoms with E-state index in [1.54, 1.807) is 17.0 Å². The van der Waals surface area contributed by atoms with Gasteiger partial charge >= 0.3 is 0 Å². The molecule has 1 N–H and O–H groups in total. The molecule has 1 saturated carbocycles. The van der Waals surface area contributed by atoms with Crippen LogP contribution in [0, 0.1) is 0 Å². The molecule has 1 aliphatic rings. The first-order chi connectivity index (χ1) is 17.9. The summed E-state index contributed by atoms with van der Waals surface area (Å²) in [5, 5.41) is 4.08. The first-order valence-electron chi connectivity index (χ1n) is 13.1. The summed E-state index contributed by atoms with van der Waals surface area (Å²) in [6.45, 7) is 2.08. The molecular formula is C31H34Cl2N2O2. The molecule has 6 heteroatoms. The molecular weight excluding hydrogens is 503 g/mol. The summed E-state index contributed by atoms with van der Waals surface area (Å²) in [6.07, 6.45) is 5.69. The minimum absolute atomic E-state index is 0.0879. The van der Waals surface area contributed by atoms with Crippen molar-refractivity contribution in [2.24, 2.45) is 0 Å². The molecule has 0 saturated heterocycles. The Bertz CT molecular complexity index is 1140. The second kappa shape index (κ2) is 13.1. The molecule has 0 bridgehead atoms. The van der Waals surface area contributed by atoms with Crippen molar-refractivity contribution >= 4 is 35.0 Å². The summed E-state index contributed by atoms with van der Waals surface area (Å²) in [6, 6.07) is 25.0. The maximum Gasteiger partial charge on any atom is 0.242 e. The van der Waals surface area contributed by atoms with Gasteiger partial charge in [0.2, 0.25) is 11.8 Å². The van der Waals surface area contributed by atoms with Gasteiger partial charge in [0.05, 0.1) is 10.0 Å². The lowest BCUT2D eigenvalue weighted by Gasteiger charge is -2.32. The Labute approximate surface area is 230 Å². The molecule has 1 aliphatic carbocycles. The lowest BCUT2D eigenvalue weighted by atomic mass is 9.88. The maximum atomic E-state index is 14.0. The third kappa shape index (κ3) is 7.37. The van der Waals surface area contributed by atoms with Crippen LogP contribution in [-0.4, -0.2) is 28.8 Å². The second-order valence-corrected chi connectivity index (χ2v) is 10.7. The molecule has 4 rings (SSSR count). The Morgan fingerprint density at radius 3 is 2.03 bits per heavy atom. The van der Waals surface area contributed by atoms with Crippen LogP contribution in [0.4, 0.5) is 0 Å². The Hall–Kier alpha value is -2.82. The van der Waals surface area contributed by atoms with Gasteiger partial charge in [-0.2, -0.15) is 0 Å². The van der Waals surface area contributed by atoms with Crippen molar-refractivity contribution in [2.75, 3.05) is 0 Å². The van der Waals surface area contributed by atoms with E-state index in [4.69, 9.17) is 23.2 Å². The first-order valence-corrected chi connectivity index (χ1v) is 13.8. The van der Waals surface area contributed by atoms with Crippen LogP contribution in [0.1, 0.15) is 68.1 Å². The van der Waals surface area contributed by atoms with E-state index in [1.807, 2.05) is 73.7 Å². The lowest BCUT2D eigenvalue weighted by molar-refractivity contribution is -0.141. The van der Waals surface area contributed by atoms with Crippen molar-refractivity contribution in [3.8, 4) is 0 Å². The van der Waals surface area contributed by atoms with E-state index in [-0.39, 0.29) is 36.7 Å². The predicted octanol–water partition coefficient (Wildman–Crippen LogP) is 7.38. The molecule has 3 aromatic carbocycles. The molecule has 1 fully saturated rings. The molecule has 37 heavy (non-hydrogen) atoms. The second-order valence-electron chi connectivity index (χ2n) is 9.87. The minimum atomic E-state index is -0.629. The van der Waals surface area contributed by atoms with Gasteiger partial charge < -0.3 is 10.2 Å². The van der Waals surface area contributed by atoms with Crippen LogP contribution in [0.5, 0.6) is 0 Å². The zero-order valence-electron chi connectivity index (χ0n) is 21.2. The molecule has 3 aromatic rings. The quantitative estimate of drug-likeness (QED) is 0.310. The van der Waals surface area contributed by atoms with E-state index in [0.29, 0.717) is 10.0 Å². The van der Waals surface area contributed by atoms with Gasteiger partial charge in [0.1, 0.15) is 6.04 Å². The summed E-state index contributed by atoms with van der Waals surface area (Å²) in [4.78, 5) is 29.0. The number of halogens is 2. The number of benzene rings is 3. The number of hydrogen-bond donors (Lipinski definition) is 1. The Morgan fingerprint density at radius 1 is 0.865 bits per heavy atom. The van der Waals surface area contributed by atoms with Gasteiger partial charge in [0.25, 0.3) is 0 Å². The van der Waals surface area contributed by atoms with Gasteiger partial charge in [-0.1, -0.05) is 109 Å². The normalized spacial score (nSPS) is 14.8. The minimum Gasteiger partial charge on any atom is -0.352 e. The van der Waals surface area contributed by atoms with Crippen LogP contribution in [0.15, 0.2) is 78.9 Å². The molecule has 194 valence electrons. The van der Waals surface area contributed by atoms with Crippen molar-refractivity contribution < 1.29 is 9.59 Å². The molecule has 4 nitrogen and oxygen atoms in total. The number of hydrogen-bond acceptors (Lipinski definition) is 2. The van der Waals surface area contributed by atoms with E-state index < -0.39 is 6.04 Å². The largest absolute Gasteiger partial charge is 0.352 e. The summed E-state index contributed by atoms with van der Waals surface area (Å²) < 4.78 is 0. The topological polar surface area (TPSA) is 49.4 Å². The SMILES string of the molecule is CC(C(=O)NC1CCCCC1)N(Cc1ccc(Cl)c(Cl)c1)C(=O)CC(c1ccccc1)c1ccccc1. The van der Waals surface area contributed by atoms with E-state index in [1.165, 1.54) is 6.42 Å². The molecule has 0 aromatic heterocycles. The van der Waals surface area contributed by atoms with Gasteiger partial charge in [-0.15, -0.1) is 0 Å². The van der Waals surface area contributed by atoms with Gasteiger partial charge in [-0.25, -0.2) is 0 Å². The maximum absolute atomic E-state index is 14.0. The fraction of sp³-hybridized carbons (Fsp3) is 0.355. The van der Waals surface area contributed by atoms with Gasteiger partial charge in [-0.3, -0.25) is 9.59 Å². The van der Waals surface area contributed by atoms with E-state index in [9.17, 15) is 9.59 Å². The summed E-state index contributed by atoms with van der Waals surface area (Å²) in [5.74, 6) is -0.328.